The largest absolute Gasteiger partial charge is 0.370 e. The normalized spacial score (nSPS) is 11.5. The van der Waals surface area contributed by atoms with E-state index < -0.39 is 0 Å². The van der Waals surface area contributed by atoms with Gasteiger partial charge in [-0.15, -0.1) is 0 Å². The topological polar surface area (TPSA) is 101 Å². The summed E-state index contributed by atoms with van der Waals surface area (Å²) >= 11 is 0. The van der Waals surface area contributed by atoms with Crippen LogP contribution in [0.2, 0.25) is 0 Å². The highest BCUT2D eigenvalue weighted by molar-refractivity contribution is 5.95. The first kappa shape index (κ1) is 24.1. The second-order valence-electron chi connectivity index (χ2n) is 7.86. The van der Waals surface area contributed by atoms with Crippen LogP contribution in [-0.4, -0.2) is 30.3 Å². The molecule has 0 aliphatic heterocycles. The van der Waals surface area contributed by atoms with Gasteiger partial charge in [-0.1, -0.05) is 49.7 Å². The number of carbonyl (C=O) groups is 3. The van der Waals surface area contributed by atoms with E-state index in [1.165, 1.54) is 5.56 Å². The summed E-state index contributed by atoms with van der Waals surface area (Å²) in [5, 5.41) is 5.64. The second kappa shape index (κ2) is 12.5. The van der Waals surface area contributed by atoms with Crippen LogP contribution in [0.25, 0.3) is 11.1 Å². The molecule has 2 rings (SSSR count). The molecule has 1 atom stereocenters. The van der Waals surface area contributed by atoms with Crippen molar-refractivity contribution in [1.82, 2.24) is 10.6 Å². The molecule has 0 aliphatic rings. The summed E-state index contributed by atoms with van der Waals surface area (Å²) in [5.41, 5.74) is 9.17. The predicted octanol–water partition coefficient (Wildman–Crippen LogP) is 3.59. The molecule has 0 saturated heterocycles. The molecule has 0 heterocycles. The highest BCUT2D eigenvalue weighted by Gasteiger charge is 2.10. The van der Waals surface area contributed by atoms with Crippen LogP contribution < -0.4 is 16.4 Å². The molecule has 0 aliphatic carbocycles. The lowest BCUT2D eigenvalue weighted by atomic mass is 10.0. The number of hydrogen-bond donors (Lipinski definition) is 3. The van der Waals surface area contributed by atoms with Gasteiger partial charge in [-0.3, -0.25) is 14.4 Å². The minimum atomic E-state index is -0.334. The molecular weight excluding hydrogens is 390 g/mol. The van der Waals surface area contributed by atoms with E-state index in [0.717, 1.165) is 24.0 Å². The van der Waals surface area contributed by atoms with Crippen LogP contribution in [-0.2, 0) is 16.0 Å². The molecule has 6 nitrogen and oxygen atoms in total. The predicted molar refractivity (Wildman–Crippen MR) is 123 cm³/mol. The molecule has 0 saturated carbocycles. The van der Waals surface area contributed by atoms with Crippen molar-refractivity contribution in [3.8, 4) is 11.1 Å². The third-order valence-corrected chi connectivity index (χ3v) is 5.08. The van der Waals surface area contributed by atoms with Gasteiger partial charge in [0.1, 0.15) is 0 Å². The van der Waals surface area contributed by atoms with Crippen molar-refractivity contribution in [2.75, 3.05) is 6.54 Å². The monoisotopic (exact) mass is 423 g/mol. The first-order valence-electron chi connectivity index (χ1n) is 10.9. The quantitative estimate of drug-likeness (QED) is 0.486. The molecular formula is C25H33N3O3. The van der Waals surface area contributed by atoms with E-state index >= 15 is 0 Å². The Hall–Kier alpha value is -3.15. The molecule has 1 unspecified atom stereocenters. The van der Waals surface area contributed by atoms with Gasteiger partial charge in [0, 0.05) is 31.0 Å². The fourth-order valence-electron chi connectivity index (χ4n) is 3.36. The Bertz CT molecular complexity index is 861. The molecule has 2 aromatic rings. The van der Waals surface area contributed by atoms with E-state index in [0.29, 0.717) is 24.8 Å². The van der Waals surface area contributed by atoms with Gasteiger partial charge in [-0.05, 0) is 55.0 Å². The lowest BCUT2D eigenvalue weighted by Crippen LogP contribution is -2.35. The maximum atomic E-state index is 12.3. The molecule has 0 aromatic heterocycles. The lowest BCUT2D eigenvalue weighted by molar-refractivity contribution is -0.121. The average Bonchev–Trinajstić information content (AvgIpc) is 2.74. The van der Waals surface area contributed by atoms with Gasteiger partial charge in [0.2, 0.25) is 11.8 Å². The van der Waals surface area contributed by atoms with Crippen LogP contribution in [0.15, 0.2) is 48.5 Å². The third kappa shape index (κ3) is 8.62. The van der Waals surface area contributed by atoms with Crippen LogP contribution in [0.3, 0.4) is 0 Å². The Kier molecular flexibility index (Phi) is 9.75. The summed E-state index contributed by atoms with van der Waals surface area (Å²) in [7, 11) is 0. The maximum absolute atomic E-state index is 12.3. The van der Waals surface area contributed by atoms with Gasteiger partial charge in [0.15, 0.2) is 0 Å². The number of amides is 3. The molecule has 0 spiro atoms. The smallest absolute Gasteiger partial charge is 0.251 e. The van der Waals surface area contributed by atoms with Crippen LogP contribution in [0.1, 0.15) is 61.9 Å². The van der Waals surface area contributed by atoms with E-state index in [-0.39, 0.29) is 36.7 Å². The highest BCUT2D eigenvalue weighted by atomic mass is 16.2. The van der Waals surface area contributed by atoms with Gasteiger partial charge in [0.05, 0.1) is 0 Å². The van der Waals surface area contributed by atoms with Gasteiger partial charge in [-0.25, -0.2) is 0 Å². The molecule has 166 valence electrons. The van der Waals surface area contributed by atoms with Crippen LogP contribution in [0.4, 0.5) is 0 Å². The fraction of sp³-hybridized carbons (Fsp3) is 0.400. The molecule has 0 radical (unpaired) electrons. The number of aryl methyl sites for hydroxylation is 1. The second-order valence-corrected chi connectivity index (χ2v) is 7.86. The van der Waals surface area contributed by atoms with Crippen molar-refractivity contribution in [3.63, 3.8) is 0 Å². The van der Waals surface area contributed by atoms with Gasteiger partial charge in [0.25, 0.3) is 5.91 Å². The number of nitrogens with two attached hydrogens (primary N) is 1. The van der Waals surface area contributed by atoms with E-state index in [1.54, 1.807) is 12.1 Å². The minimum absolute atomic E-state index is 0.0360. The highest BCUT2D eigenvalue weighted by Crippen LogP contribution is 2.21. The lowest BCUT2D eigenvalue weighted by Gasteiger charge is -2.13. The Balaban J connectivity index is 1.75. The minimum Gasteiger partial charge on any atom is -0.370 e. The first-order valence-corrected chi connectivity index (χ1v) is 10.9. The summed E-state index contributed by atoms with van der Waals surface area (Å²) in [4.78, 5) is 35.1. The number of carbonyl (C=O) groups excluding carboxylic acids is 3. The SMILES string of the molecule is CCCc1ccc(-c2ccc(C(=O)NCCC(=O)NC(C)CCCC(N)=O)cc2)cc1. The number of nitrogens with one attached hydrogen (secondary N) is 2. The van der Waals surface area contributed by atoms with Crippen molar-refractivity contribution >= 4 is 17.7 Å². The summed E-state index contributed by atoms with van der Waals surface area (Å²) in [6, 6.07) is 15.9. The Morgan fingerprint density at radius 3 is 2.13 bits per heavy atom. The van der Waals surface area contributed by atoms with Crippen LogP contribution >= 0.6 is 0 Å². The van der Waals surface area contributed by atoms with Crippen molar-refractivity contribution in [1.29, 1.82) is 0 Å². The first-order chi connectivity index (χ1) is 14.9. The summed E-state index contributed by atoms with van der Waals surface area (Å²) in [6.07, 6.45) is 4.06. The van der Waals surface area contributed by atoms with E-state index in [9.17, 15) is 14.4 Å². The van der Waals surface area contributed by atoms with E-state index in [4.69, 9.17) is 5.73 Å². The summed E-state index contributed by atoms with van der Waals surface area (Å²) in [5.74, 6) is -0.667. The van der Waals surface area contributed by atoms with Crippen LogP contribution in [0.5, 0.6) is 0 Å². The molecule has 4 N–H and O–H groups in total. The van der Waals surface area contributed by atoms with Gasteiger partial charge in [-0.2, -0.15) is 0 Å². The zero-order valence-electron chi connectivity index (χ0n) is 18.4. The number of primary amides is 1. The van der Waals surface area contributed by atoms with Crippen molar-refractivity contribution in [3.05, 3.63) is 59.7 Å². The molecule has 31 heavy (non-hydrogen) atoms. The Labute approximate surface area is 184 Å². The van der Waals surface area contributed by atoms with Gasteiger partial charge < -0.3 is 16.4 Å². The average molecular weight is 424 g/mol. The maximum Gasteiger partial charge on any atom is 0.251 e. The standard InChI is InChI=1S/C25H33N3O3/c1-3-5-19-8-10-20(11-9-19)21-12-14-22(15-13-21)25(31)27-17-16-24(30)28-18(2)6-4-7-23(26)29/h8-15,18H,3-7,16-17H2,1-2H3,(H2,26,29)(H,27,31)(H,28,30). The van der Waals surface area contributed by atoms with E-state index in [1.807, 2.05) is 19.1 Å². The zero-order chi connectivity index (χ0) is 22.6. The number of benzene rings is 2. The summed E-state index contributed by atoms with van der Waals surface area (Å²) < 4.78 is 0. The summed E-state index contributed by atoms with van der Waals surface area (Å²) in [6.45, 7) is 4.31. The number of hydrogen-bond acceptors (Lipinski definition) is 3. The van der Waals surface area contributed by atoms with Crippen molar-refractivity contribution < 1.29 is 14.4 Å². The molecule has 0 bridgehead atoms. The fourth-order valence-corrected chi connectivity index (χ4v) is 3.36. The Morgan fingerprint density at radius 2 is 1.55 bits per heavy atom. The van der Waals surface area contributed by atoms with Crippen molar-refractivity contribution in [2.45, 2.75) is 58.4 Å². The van der Waals surface area contributed by atoms with Crippen molar-refractivity contribution in [2.24, 2.45) is 5.73 Å². The molecule has 3 amide bonds. The van der Waals surface area contributed by atoms with E-state index in [2.05, 4.69) is 41.8 Å². The molecule has 2 aromatic carbocycles. The van der Waals surface area contributed by atoms with Gasteiger partial charge >= 0.3 is 0 Å². The Morgan fingerprint density at radius 1 is 0.935 bits per heavy atom. The molecule has 6 heteroatoms. The zero-order valence-corrected chi connectivity index (χ0v) is 18.4. The molecule has 0 fully saturated rings. The third-order valence-electron chi connectivity index (χ3n) is 5.08. The number of rotatable bonds is 12. The van der Waals surface area contributed by atoms with Crippen LogP contribution in [0, 0.1) is 0 Å².